The van der Waals surface area contributed by atoms with Gasteiger partial charge >= 0.3 is 5.97 Å². The van der Waals surface area contributed by atoms with E-state index < -0.39 is 12.0 Å². The van der Waals surface area contributed by atoms with Crippen LogP contribution in [0.3, 0.4) is 0 Å². The monoisotopic (exact) mass is 454 g/mol. The molecule has 1 atom stereocenters. The molecule has 3 heterocycles. The number of aromatic amines is 2. The molecule has 1 amide bonds. The maximum atomic E-state index is 13.0. The van der Waals surface area contributed by atoms with Crippen LogP contribution in [0.4, 0.5) is 0 Å². The van der Waals surface area contributed by atoms with Crippen molar-refractivity contribution in [2.45, 2.75) is 18.9 Å². The Kier molecular flexibility index (Phi) is 5.73. The molecule has 2 aromatic carbocycles. The van der Waals surface area contributed by atoms with Gasteiger partial charge in [-0.1, -0.05) is 12.1 Å². The number of esters is 1. The fourth-order valence-electron chi connectivity index (χ4n) is 3.84. The molecule has 0 fully saturated rings. The highest BCUT2D eigenvalue weighted by Crippen LogP contribution is 2.21. The zero-order chi connectivity index (χ0) is 23.5. The third-order valence-corrected chi connectivity index (χ3v) is 5.60. The van der Waals surface area contributed by atoms with Crippen LogP contribution in [0.15, 0.2) is 67.0 Å². The predicted molar refractivity (Wildman–Crippen MR) is 127 cm³/mol. The molecular weight excluding hydrogens is 432 g/mol. The van der Waals surface area contributed by atoms with Crippen molar-refractivity contribution >= 4 is 33.9 Å². The molecule has 0 saturated heterocycles. The Morgan fingerprint density at radius 3 is 2.56 bits per heavy atom. The third kappa shape index (κ3) is 4.36. The molecule has 0 aliphatic rings. The van der Waals surface area contributed by atoms with Gasteiger partial charge in [-0.25, -0.2) is 14.8 Å². The van der Waals surface area contributed by atoms with Crippen LogP contribution in [0, 0.1) is 0 Å². The molecule has 0 aliphatic heterocycles. The fraction of sp³-hybridized carbons (Fsp3) is 0.160. The lowest BCUT2D eigenvalue weighted by Crippen LogP contribution is -2.41. The molecule has 9 heteroatoms. The summed E-state index contributed by atoms with van der Waals surface area (Å²) in [4.78, 5) is 44.9. The summed E-state index contributed by atoms with van der Waals surface area (Å²) in [7, 11) is 1.31. The number of hydrogen-bond donors (Lipinski definition) is 3. The van der Waals surface area contributed by atoms with Crippen LogP contribution in [0.2, 0.25) is 0 Å². The molecule has 9 nitrogen and oxygen atoms in total. The summed E-state index contributed by atoms with van der Waals surface area (Å²) in [6.07, 6.45) is 4.21. The van der Waals surface area contributed by atoms with Crippen LogP contribution in [-0.2, 0) is 16.0 Å². The highest BCUT2D eigenvalue weighted by Gasteiger charge is 2.23. The van der Waals surface area contributed by atoms with Gasteiger partial charge in [0.25, 0.3) is 5.91 Å². The van der Waals surface area contributed by atoms with E-state index in [2.05, 4.69) is 30.2 Å². The highest BCUT2D eigenvalue weighted by molar-refractivity contribution is 5.99. The number of nitrogens with one attached hydrogen (secondary N) is 3. The molecule has 0 aliphatic carbocycles. The van der Waals surface area contributed by atoms with Gasteiger partial charge in [0, 0.05) is 29.9 Å². The zero-order valence-corrected chi connectivity index (χ0v) is 18.4. The maximum Gasteiger partial charge on any atom is 0.328 e. The summed E-state index contributed by atoms with van der Waals surface area (Å²) in [6.45, 7) is 0. The number of benzene rings is 2. The van der Waals surface area contributed by atoms with E-state index in [9.17, 15) is 9.59 Å². The minimum absolute atomic E-state index is 0.344. The van der Waals surface area contributed by atoms with E-state index in [1.165, 1.54) is 7.11 Å². The lowest BCUT2D eigenvalue weighted by Gasteiger charge is -2.16. The lowest BCUT2D eigenvalue weighted by atomic mass is 10.1. The number of aryl methyl sites for hydroxylation is 1. The van der Waals surface area contributed by atoms with Gasteiger partial charge in [0.05, 0.1) is 29.2 Å². The summed E-state index contributed by atoms with van der Waals surface area (Å²) in [5.74, 6) is 0.550. The molecule has 0 bridgehead atoms. The number of carbonyl (C=O) groups excluding carboxylic acids is 2. The van der Waals surface area contributed by atoms with Gasteiger partial charge < -0.3 is 20.0 Å². The molecule has 0 spiro atoms. The Labute approximate surface area is 194 Å². The summed E-state index contributed by atoms with van der Waals surface area (Å²) < 4.78 is 4.91. The number of H-pyrrole nitrogens is 2. The van der Waals surface area contributed by atoms with Gasteiger partial charge in [-0.15, -0.1) is 0 Å². The van der Waals surface area contributed by atoms with E-state index in [0.29, 0.717) is 24.2 Å². The number of nitrogens with zero attached hydrogens (tertiary/aromatic N) is 3. The quantitative estimate of drug-likeness (QED) is 0.324. The molecule has 3 N–H and O–H groups in total. The molecule has 5 rings (SSSR count). The van der Waals surface area contributed by atoms with E-state index in [1.807, 2.05) is 36.4 Å². The van der Waals surface area contributed by atoms with Crippen LogP contribution < -0.4 is 5.32 Å². The van der Waals surface area contributed by atoms with E-state index in [1.54, 1.807) is 30.6 Å². The molecule has 170 valence electrons. The van der Waals surface area contributed by atoms with E-state index in [0.717, 1.165) is 33.5 Å². The highest BCUT2D eigenvalue weighted by atomic mass is 16.5. The minimum Gasteiger partial charge on any atom is -0.467 e. The van der Waals surface area contributed by atoms with E-state index >= 15 is 0 Å². The number of rotatable bonds is 7. The Bertz CT molecular complexity index is 1440. The van der Waals surface area contributed by atoms with Gasteiger partial charge in [0.15, 0.2) is 0 Å². The summed E-state index contributed by atoms with van der Waals surface area (Å²) in [5, 5.41) is 2.79. The average molecular weight is 454 g/mol. The number of methoxy groups -OCH3 is 1. The van der Waals surface area contributed by atoms with Crippen LogP contribution in [0.1, 0.15) is 22.6 Å². The number of pyridine rings is 1. The third-order valence-electron chi connectivity index (χ3n) is 5.60. The van der Waals surface area contributed by atoms with Crippen molar-refractivity contribution in [1.82, 2.24) is 30.2 Å². The van der Waals surface area contributed by atoms with Gasteiger partial charge in [-0.2, -0.15) is 0 Å². The van der Waals surface area contributed by atoms with Crippen LogP contribution in [0.25, 0.3) is 33.5 Å². The molecule has 5 aromatic rings. The number of fused-ring (bicyclic) bond motifs is 2. The van der Waals surface area contributed by atoms with Crippen LogP contribution in [0.5, 0.6) is 0 Å². The summed E-state index contributed by atoms with van der Waals surface area (Å²) in [5.41, 5.74) is 4.54. The first-order valence-electron chi connectivity index (χ1n) is 10.8. The SMILES string of the molecule is COC(=O)[C@H](CCc1nc2ccccc2[nH]1)NC(=O)c1ccc2nc(-c3ccncc3)[nH]c2c1. The van der Waals surface area contributed by atoms with Gasteiger partial charge in [0.2, 0.25) is 0 Å². The second-order valence-corrected chi connectivity index (χ2v) is 7.84. The van der Waals surface area contributed by atoms with Crippen LogP contribution in [-0.4, -0.2) is 49.9 Å². The minimum atomic E-state index is -0.810. The number of carbonyl (C=O) groups is 2. The van der Waals surface area contributed by atoms with E-state index in [-0.39, 0.29) is 5.91 Å². The Balaban J connectivity index is 1.31. The van der Waals surface area contributed by atoms with Crippen molar-refractivity contribution < 1.29 is 14.3 Å². The fourth-order valence-corrected chi connectivity index (χ4v) is 3.84. The standard InChI is InChI=1S/C25H22N6O3/c1-34-25(33)20(8-9-22-27-17-4-2-3-5-18(17)28-22)31-24(32)16-6-7-19-21(14-16)30-23(29-19)15-10-12-26-13-11-15/h2-7,10-14,20H,8-9H2,1H3,(H,27,28)(H,29,30)(H,31,32)/t20-/m0/s1. The summed E-state index contributed by atoms with van der Waals surface area (Å²) >= 11 is 0. The molecular formula is C25H22N6O3. The smallest absolute Gasteiger partial charge is 0.328 e. The number of amides is 1. The van der Waals surface area contributed by atoms with E-state index in [4.69, 9.17) is 4.74 Å². The number of hydrogen-bond acceptors (Lipinski definition) is 6. The topological polar surface area (TPSA) is 126 Å². The summed E-state index contributed by atoms with van der Waals surface area (Å²) in [6, 6.07) is 15.8. The Hall–Kier alpha value is -4.53. The Morgan fingerprint density at radius 2 is 1.76 bits per heavy atom. The first-order chi connectivity index (χ1) is 16.6. The van der Waals surface area contributed by atoms with Crippen molar-refractivity contribution in [2.75, 3.05) is 7.11 Å². The number of ether oxygens (including phenoxy) is 1. The second kappa shape index (κ2) is 9.14. The lowest BCUT2D eigenvalue weighted by molar-refractivity contribution is -0.143. The molecule has 3 aromatic heterocycles. The predicted octanol–water partition coefficient (Wildman–Crippen LogP) is 3.41. The zero-order valence-electron chi connectivity index (χ0n) is 18.4. The second-order valence-electron chi connectivity index (χ2n) is 7.84. The molecule has 34 heavy (non-hydrogen) atoms. The van der Waals surface area contributed by atoms with Crippen molar-refractivity contribution in [1.29, 1.82) is 0 Å². The first kappa shape index (κ1) is 21.3. The number of para-hydroxylation sites is 2. The molecule has 0 unspecified atom stereocenters. The van der Waals surface area contributed by atoms with Crippen molar-refractivity contribution in [3.8, 4) is 11.4 Å². The van der Waals surface area contributed by atoms with Gasteiger partial charge in [0.1, 0.15) is 17.7 Å². The normalized spacial score (nSPS) is 12.0. The van der Waals surface area contributed by atoms with Gasteiger partial charge in [-0.3, -0.25) is 9.78 Å². The van der Waals surface area contributed by atoms with Crippen molar-refractivity contribution in [2.24, 2.45) is 0 Å². The first-order valence-corrected chi connectivity index (χ1v) is 10.8. The van der Waals surface area contributed by atoms with Crippen LogP contribution >= 0.6 is 0 Å². The van der Waals surface area contributed by atoms with Crippen molar-refractivity contribution in [3.63, 3.8) is 0 Å². The average Bonchev–Trinajstić information content (AvgIpc) is 3.49. The number of aromatic nitrogens is 5. The molecule has 0 saturated carbocycles. The maximum absolute atomic E-state index is 13.0. The molecule has 0 radical (unpaired) electrons. The largest absolute Gasteiger partial charge is 0.467 e. The number of imidazole rings is 2. The van der Waals surface area contributed by atoms with Crippen molar-refractivity contribution in [3.05, 3.63) is 78.4 Å². The Morgan fingerprint density at radius 1 is 0.971 bits per heavy atom. The van der Waals surface area contributed by atoms with Gasteiger partial charge in [-0.05, 0) is 48.9 Å².